The molecule has 3 aromatic carbocycles. The smallest absolute Gasteiger partial charge is 0.221 e. The summed E-state index contributed by atoms with van der Waals surface area (Å²) in [7, 11) is 0. The number of rotatable bonds is 11. The van der Waals surface area contributed by atoms with E-state index in [0.29, 0.717) is 19.4 Å². The number of hydrogen-bond acceptors (Lipinski definition) is 2. The second kappa shape index (κ2) is 11.3. The highest BCUT2D eigenvalue weighted by molar-refractivity contribution is 5.80. The van der Waals surface area contributed by atoms with Crippen LogP contribution in [-0.4, -0.2) is 18.2 Å². The molecule has 0 bridgehead atoms. The van der Waals surface area contributed by atoms with Gasteiger partial charge < -0.3 is 10.1 Å². The van der Waals surface area contributed by atoms with E-state index in [-0.39, 0.29) is 11.7 Å². The molecule has 0 radical (unpaired) electrons. The Balaban J connectivity index is 1.86. The fraction of sp³-hybridized carbons (Fsp3) is 0.286. The van der Waals surface area contributed by atoms with Crippen molar-refractivity contribution in [2.45, 2.75) is 44.4 Å². The molecule has 0 unspecified atom stereocenters. The highest BCUT2D eigenvalue weighted by Crippen LogP contribution is 2.42. The largest absolute Gasteiger partial charge is 0.356 e. The van der Waals surface area contributed by atoms with Gasteiger partial charge >= 0.3 is 0 Å². The average Bonchev–Trinajstić information content (AvgIpc) is 2.81. The van der Waals surface area contributed by atoms with Crippen molar-refractivity contribution in [2.75, 3.05) is 6.54 Å². The van der Waals surface area contributed by atoms with Crippen molar-refractivity contribution in [2.24, 2.45) is 0 Å². The number of nitrogens with one attached hydrogen (secondary N) is 1. The van der Waals surface area contributed by atoms with Crippen LogP contribution in [0.25, 0.3) is 0 Å². The van der Waals surface area contributed by atoms with Gasteiger partial charge in [0.25, 0.3) is 0 Å². The maximum absolute atomic E-state index is 13.2. The van der Waals surface area contributed by atoms with E-state index in [1.54, 1.807) is 6.92 Å². The molecule has 0 fully saturated rings. The highest BCUT2D eigenvalue weighted by atomic mass is 16.1. The molecule has 0 atom stereocenters. The molecule has 0 aliphatic carbocycles. The average molecular weight is 414 g/mol. The van der Waals surface area contributed by atoms with Gasteiger partial charge in [-0.15, -0.1) is 0 Å². The molecule has 3 rings (SSSR count). The van der Waals surface area contributed by atoms with E-state index in [0.717, 1.165) is 36.0 Å². The summed E-state index contributed by atoms with van der Waals surface area (Å²) in [6, 6.07) is 30.8. The molecule has 0 spiro atoms. The molecule has 0 heterocycles. The molecule has 0 saturated heterocycles. The predicted molar refractivity (Wildman–Crippen MR) is 126 cm³/mol. The fourth-order valence-electron chi connectivity index (χ4n) is 4.18. The first-order chi connectivity index (χ1) is 15.1. The number of carbonyl (C=O) groups excluding carboxylic acids is 2. The van der Waals surface area contributed by atoms with Crippen LogP contribution in [0.2, 0.25) is 0 Å². The van der Waals surface area contributed by atoms with Gasteiger partial charge in [0, 0.05) is 19.4 Å². The van der Waals surface area contributed by atoms with Gasteiger partial charge in [-0.05, 0) is 36.5 Å². The van der Waals surface area contributed by atoms with E-state index in [1.807, 2.05) is 54.6 Å². The Morgan fingerprint density at radius 1 is 0.677 bits per heavy atom. The van der Waals surface area contributed by atoms with Crippen LogP contribution in [0.5, 0.6) is 0 Å². The number of benzene rings is 3. The van der Waals surface area contributed by atoms with Gasteiger partial charge in [0.2, 0.25) is 5.91 Å². The first-order valence-corrected chi connectivity index (χ1v) is 11.1. The van der Waals surface area contributed by atoms with Crippen LogP contribution >= 0.6 is 0 Å². The monoisotopic (exact) mass is 413 g/mol. The molecule has 3 aromatic rings. The van der Waals surface area contributed by atoms with Crippen molar-refractivity contribution >= 4 is 11.7 Å². The molecule has 3 heteroatoms. The molecule has 0 aliphatic heterocycles. The van der Waals surface area contributed by atoms with E-state index >= 15 is 0 Å². The quantitative estimate of drug-likeness (QED) is 0.325. The summed E-state index contributed by atoms with van der Waals surface area (Å²) in [6.07, 6.45) is 3.66. The predicted octanol–water partition coefficient (Wildman–Crippen LogP) is 5.68. The summed E-state index contributed by atoms with van der Waals surface area (Å²) in [5.74, 6) is 0.255. The number of ketones is 1. The van der Waals surface area contributed by atoms with Gasteiger partial charge in [0.1, 0.15) is 5.78 Å². The molecule has 1 N–H and O–H groups in total. The first-order valence-electron chi connectivity index (χ1n) is 11.1. The molecule has 31 heavy (non-hydrogen) atoms. The minimum atomic E-state index is -0.567. The van der Waals surface area contributed by atoms with Crippen molar-refractivity contribution < 1.29 is 9.59 Å². The number of hydrogen-bond donors (Lipinski definition) is 1. The SMILES string of the molecule is CC(=O)CCCCCNC(=O)CC(c1ccccc1)(c1ccccc1)c1ccccc1. The minimum absolute atomic E-state index is 0.0307. The van der Waals surface area contributed by atoms with Gasteiger partial charge in [-0.1, -0.05) is 97.4 Å². The first kappa shape index (κ1) is 22.5. The lowest BCUT2D eigenvalue weighted by Gasteiger charge is -2.35. The molecule has 0 aliphatic rings. The molecule has 3 nitrogen and oxygen atoms in total. The minimum Gasteiger partial charge on any atom is -0.356 e. The molecule has 0 saturated carbocycles. The Morgan fingerprint density at radius 2 is 1.13 bits per heavy atom. The normalized spacial score (nSPS) is 11.1. The Morgan fingerprint density at radius 3 is 1.55 bits per heavy atom. The van der Waals surface area contributed by atoms with Crippen LogP contribution in [0.4, 0.5) is 0 Å². The summed E-state index contributed by atoms with van der Waals surface area (Å²) >= 11 is 0. The number of unbranched alkanes of at least 4 members (excludes halogenated alkanes) is 2. The van der Waals surface area contributed by atoms with E-state index in [4.69, 9.17) is 0 Å². The van der Waals surface area contributed by atoms with Crippen LogP contribution in [-0.2, 0) is 15.0 Å². The Kier molecular flexibility index (Phi) is 8.17. The Labute approximate surface area is 185 Å². The molecular weight excluding hydrogens is 382 g/mol. The van der Waals surface area contributed by atoms with Crippen molar-refractivity contribution in [1.82, 2.24) is 5.32 Å². The molecule has 0 aromatic heterocycles. The zero-order chi connectivity index (χ0) is 21.9. The third kappa shape index (κ3) is 5.91. The summed E-state index contributed by atoms with van der Waals surface area (Å²) in [5.41, 5.74) is 2.74. The topological polar surface area (TPSA) is 46.2 Å². The lowest BCUT2D eigenvalue weighted by atomic mass is 9.67. The van der Waals surface area contributed by atoms with Gasteiger partial charge in [-0.2, -0.15) is 0 Å². The molecule has 160 valence electrons. The van der Waals surface area contributed by atoms with Crippen LogP contribution in [0.3, 0.4) is 0 Å². The zero-order valence-corrected chi connectivity index (χ0v) is 18.2. The highest BCUT2D eigenvalue weighted by Gasteiger charge is 2.38. The van der Waals surface area contributed by atoms with E-state index < -0.39 is 5.41 Å². The van der Waals surface area contributed by atoms with Crippen LogP contribution < -0.4 is 5.32 Å². The number of carbonyl (C=O) groups is 2. The zero-order valence-electron chi connectivity index (χ0n) is 18.2. The third-order valence-electron chi connectivity index (χ3n) is 5.75. The van der Waals surface area contributed by atoms with Crippen molar-refractivity contribution in [1.29, 1.82) is 0 Å². The fourth-order valence-corrected chi connectivity index (χ4v) is 4.18. The van der Waals surface area contributed by atoms with Gasteiger partial charge in [-0.3, -0.25) is 4.79 Å². The van der Waals surface area contributed by atoms with E-state index in [1.165, 1.54) is 0 Å². The number of amides is 1. The summed E-state index contributed by atoms with van der Waals surface area (Å²) < 4.78 is 0. The van der Waals surface area contributed by atoms with Crippen molar-refractivity contribution in [3.63, 3.8) is 0 Å². The summed E-state index contributed by atoms with van der Waals surface area (Å²) in [4.78, 5) is 24.2. The van der Waals surface area contributed by atoms with Crippen molar-refractivity contribution in [3.05, 3.63) is 108 Å². The number of Topliss-reactive ketones (excluding diaryl/α,β-unsaturated/α-hetero) is 1. The maximum Gasteiger partial charge on any atom is 0.221 e. The Hall–Kier alpha value is -3.20. The van der Waals surface area contributed by atoms with Gasteiger partial charge in [0.05, 0.1) is 5.41 Å². The second-order valence-electron chi connectivity index (χ2n) is 8.04. The van der Waals surface area contributed by atoms with Gasteiger partial charge in [0.15, 0.2) is 0 Å². The van der Waals surface area contributed by atoms with Crippen molar-refractivity contribution in [3.8, 4) is 0 Å². The van der Waals surface area contributed by atoms with Crippen LogP contribution in [0.1, 0.15) is 55.7 Å². The van der Waals surface area contributed by atoms with Crippen LogP contribution in [0, 0.1) is 0 Å². The summed E-state index contributed by atoms with van der Waals surface area (Å²) in [6.45, 7) is 2.25. The van der Waals surface area contributed by atoms with Gasteiger partial charge in [-0.25, -0.2) is 0 Å². The standard InChI is InChI=1S/C28H31NO2/c1-23(30)14-6-5-13-21-29-27(31)22-28(24-15-7-2-8-16-24,25-17-9-3-10-18-25)26-19-11-4-12-20-26/h2-4,7-12,15-20H,5-6,13-14,21-22H2,1H3,(H,29,31). The molecular formula is C28H31NO2. The second-order valence-corrected chi connectivity index (χ2v) is 8.04. The third-order valence-corrected chi connectivity index (χ3v) is 5.75. The summed E-state index contributed by atoms with van der Waals surface area (Å²) in [5, 5.41) is 3.11. The van der Waals surface area contributed by atoms with E-state index in [2.05, 4.69) is 41.7 Å². The lowest BCUT2D eigenvalue weighted by Crippen LogP contribution is -2.37. The maximum atomic E-state index is 13.2. The molecule has 1 amide bonds. The lowest BCUT2D eigenvalue weighted by molar-refractivity contribution is -0.122. The van der Waals surface area contributed by atoms with E-state index in [9.17, 15) is 9.59 Å². The Bertz CT molecular complexity index is 855. The van der Waals surface area contributed by atoms with Crippen LogP contribution in [0.15, 0.2) is 91.0 Å².